The van der Waals surface area contributed by atoms with Crippen molar-refractivity contribution in [3.63, 3.8) is 0 Å². The maximum absolute atomic E-state index is 12.4. The third-order valence-corrected chi connectivity index (χ3v) is 4.84. The summed E-state index contributed by atoms with van der Waals surface area (Å²) in [6.45, 7) is 3.95. The lowest BCUT2D eigenvalue weighted by molar-refractivity contribution is -0.141. The number of aliphatic carboxylic acids is 1. The van der Waals surface area contributed by atoms with Crippen LogP contribution in [0.1, 0.15) is 24.3 Å². The SMILES string of the molecule is CC(C)C1SCC(C(=O)O)N1C(=O)c1cc(Cl)c[nH]1. The molecule has 7 heteroatoms. The molecule has 1 amide bonds. The van der Waals surface area contributed by atoms with Crippen molar-refractivity contribution in [1.29, 1.82) is 0 Å². The number of nitrogens with one attached hydrogen (secondary N) is 1. The molecule has 2 unspecified atom stereocenters. The Balaban J connectivity index is 2.30. The van der Waals surface area contributed by atoms with Crippen LogP contribution in [0.4, 0.5) is 0 Å². The summed E-state index contributed by atoms with van der Waals surface area (Å²) < 4.78 is 0. The van der Waals surface area contributed by atoms with Gasteiger partial charge in [-0.15, -0.1) is 11.8 Å². The van der Waals surface area contributed by atoms with Crippen LogP contribution in [0.2, 0.25) is 5.02 Å². The number of nitrogens with zero attached hydrogens (tertiary/aromatic N) is 1. The van der Waals surface area contributed by atoms with Crippen LogP contribution in [-0.2, 0) is 4.79 Å². The number of carbonyl (C=O) groups is 2. The normalized spacial score (nSPS) is 23.1. The maximum atomic E-state index is 12.4. The van der Waals surface area contributed by atoms with E-state index in [9.17, 15) is 14.7 Å². The van der Waals surface area contributed by atoms with Gasteiger partial charge in [0.1, 0.15) is 11.7 Å². The molecule has 1 saturated heterocycles. The van der Waals surface area contributed by atoms with Gasteiger partial charge >= 0.3 is 5.97 Å². The molecule has 1 aliphatic rings. The number of carbonyl (C=O) groups excluding carboxylic acids is 1. The summed E-state index contributed by atoms with van der Waals surface area (Å²) in [5.41, 5.74) is 0.324. The van der Waals surface area contributed by atoms with Crippen molar-refractivity contribution < 1.29 is 14.7 Å². The molecule has 2 heterocycles. The second-order valence-electron chi connectivity index (χ2n) is 4.77. The highest BCUT2D eigenvalue weighted by atomic mass is 35.5. The van der Waals surface area contributed by atoms with Crippen LogP contribution >= 0.6 is 23.4 Å². The van der Waals surface area contributed by atoms with E-state index in [1.54, 1.807) is 0 Å². The molecule has 104 valence electrons. The van der Waals surface area contributed by atoms with E-state index in [1.807, 2.05) is 13.8 Å². The quantitative estimate of drug-likeness (QED) is 0.898. The van der Waals surface area contributed by atoms with Crippen molar-refractivity contribution in [2.75, 3.05) is 5.75 Å². The van der Waals surface area contributed by atoms with E-state index < -0.39 is 12.0 Å². The molecule has 1 aromatic rings. The number of H-pyrrole nitrogens is 1. The van der Waals surface area contributed by atoms with Crippen molar-refractivity contribution in [3.8, 4) is 0 Å². The number of carboxylic acid groups (broad SMARTS) is 1. The molecule has 5 nitrogen and oxygen atoms in total. The van der Waals surface area contributed by atoms with Crippen LogP contribution in [0.25, 0.3) is 0 Å². The van der Waals surface area contributed by atoms with E-state index in [0.29, 0.717) is 16.5 Å². The zero-order chi connectivity index (χ0) is 14.2. The molecule has 0 spiro atoms. The lowest BCUT2D eigenvalue weighted by Gasteiger charge is -2.29. The molecule has 0 saturated carbocycles. The van der Waals surface area contributed by atoms with Gasteiger partial charge in [0.25, 0.3) is 5.91 Å². The Labute approximate surface area is 120 Å². The Morgan fingerprint density at radius 3 is 2.74 bits per heavy atom. The third kappa shape index (κ3) is 2.74. The number of rotatable bonds is 3. The van der Waals surface area contributed by atoms with Gasteiger partial charge in [-0.25, -0.2) is 4.79 Å². The first kappa shape index (κ1) is 14.3. The number of hydrogen-bond donors (Lipinski definition) is 2. The van der Waals surface area contributed by atoms with Crippen molar-refractivity contribution in [2.24, 2.45) is 5.92 Å². The van der Waals surface area contributed by atoms with Gasteiger partial charge in [0.05, 0.1) is 10.4 Å². The second kappa shape index (κ2) is 5.46. The molecule has 0 bridgehead atoms. The fourth-order valence-corrected chi connectivity index (χ4v) is 3.75. The van der Waals surface area contributed by atoms with E-state index >= 15 is 0 Å². The molecule has 1 fully saturated rings. The van der Waals surface area contributed by atoms with Gasteiger partial charge in [-0.3, -0.25) is 4.79 Å². The Morgan fingerprint density at radius 1 is 1.58 bits per heavy atom. The van der Waals surface area contributed by atoms with Gasteiger partial charge in [0.15, 0.2) is 0 Å². The van der Waals surface area contributed by atoms with Gasteiger partial charge in [-0.1, -0.05) is 25.4 Å². The van der Waals surface area contributed by atoms with Gasteiger partial charge < -0.3 is 15.0 Å². The van der Waals surface area contributed by atoms with Crippen LogP contribution in [0.15, 0.2) is 12.3 Å². The molecule has 2 atom stereocenters. The molecular formula is C12H15ClN2O3S. The highest BCUT2D eigenvalue weighted by Gasteiger charge is 2.43. The standard InChI is InChI=1S/C12H15ClN2O3S/c1-6(2)11-15(9(5-19-11)12(17)18)10(16)8-3-7(13)4-14-8/h3-4,6,9,11,14H,5H2,1-2H3,(H,17,18). The van der Waals surface area contributed by atoms with Gasteiger partial charge in [-0.2, -0.15) is 0 Å². The number of aromatic nitrogens is 1. The molecule has 1 aromatic heterocycles. The Morgan fingerprint density at radius 2 is 2.26 bits per heavy atom. The first-order valence-corrected chi connectivity index (χ1v) is 7.35. The molecule has 2 N–H and O–H groups in total. The number of hydrogen-bond acceptors (Lipinski definition) is 3. The zero-order valence-electron chi connectivity index (χ0n) is 10.6. The van der Waals surface area contributed by atoms with Crippen LogP contribution in [0, 0.1) is 5.92 Å². The summed E-state index contributed by atoms with van der Waals surface area (Å²) in [7, 11) is 0. The van der Waals surface area contributed by atoms with E-state index in [-0.39, 0.29) is 17.2 Å². The van der Waals surface area contributed by atoms with Gasteiger partial charge in [0.2, 0.25) is 0 Å². The van der Waals surface area contributed by atoms with Crippen LogP contribution in [0.3, 0.4) is 0 Å². The van der Waals surface area contributed by atoms with Crippen molar-refractivity contribution in [3.05, 3.63) is 23.0 Å². The monoisotopic (exact) mass is 302 g/mol. The first-order valence-electron chi connectivity index (χ1n) is 5.92. The molecule has 1 aliphatic heterocycles. The molecular weight excluding hydrogens is 288 g/mol. The van der Waals surface area contributed by atoms with E-state index in [2.05, 4.69) is 4.98 Å². The minimum atomic E-state index is -0.971. The third-order valence-electron chi connectivity index (χ3n) is 3.00. The summed E-state index contributed by atoms with van der Waals surface area (Å²) in [5, 5.41) is 9.55. The van der Waals surface area contributed by atoms with Crippen molar-refractivity contribution >= 4 is 35.2 Å². The molecule has 19 heavy (non-hydrogen) atoms. The van der Waals surface area contributed by atoms with E-state index in [0.717, 1.165) is 0 Å². The predicted octanol–water partition coefficient (Wildman–Crippen LogP) is 2.29. The minimum Gasteiger partial charge on any atom is -0.480 e. The fourth-order valence-electron chi connectivity index (χ4n) is 2.12. The summed E-state index contributed by atoms with van der Waals surface area (Å²) in [5.74, 6) is -0.688. The average Bonchev–Trinajstić information content (AvgIpc) is 2.93. The molecule has 2 rings (SSSR count). The Bertz CT molecular complexity index is 503. The second-order valence-corrected chi connectivity index (χ2v) is 6.35. The number of carboxylic acids is 1. The molecule has 0 radical (unpaired) electrons. The molecule has 0 aliphatic carbocycles. The van der Waals surface area contributed by atoms with Crippen LogP contribution in [-0.4, -0.2) is 44.0 Å². The maximum Gasteiger partial charge on any atom is 0.327 e. The van der Waals surface area contributed by atoms with Crippen LogP contribution in [0.5, 0.6) is 0 Å². The zero-order valence-corrected chi connectivity index (χ0v) is 12.2. The van der Waals surface area contributed by atoms with Crippen LogP contribution < -0.4 is 0 Å². The topological polar surface area (TPSA) is 73.4 Å². The van der Waals surface area contributed by atoms with Gasteiger partial charge in [0, 0.05) is 11.9 Å². The van der Waals surface area contributed by atoms with E-state index in [4.69, 9.17) is 11.6 Å². The fraction of sp³-hybridized carbons (Fsp3) is 0.500. The number of halogens is 1. The smallest absolute Gasteiger partial charge is 0.327 e. The Hall–Kier alpha value is -1.14. The van der Waals surface area contributed by atoms with Crippen molar-refractivity contribution in [1.82, 2.24) is 9.88 Å². The summed E-state index contributed by atoms with van der Waals surface area (Å²) in [6, 6.07) is 0.732. The number of amides is 1. The lowest BCUT2D eigenvalue weighted by atomic mass is 10.1. The lowest BCUT2D eigenvalue weighted by Crippen LogP contribution is -2.47. The summed E-state index contributed by atoms with van der Waals surface area (Å²) in [4.78, 5) is 27.9. The molecule has 0 aromatic carbocycles. The summed E-state index contributed by atoms with van der Waals surface area (Å²) >= 11 is 7.29. The van der Waals surface area contributed by atoms with Gasteiger partial charge in [-0.05, 0) is 12.0 Å². The highest BCUT2D eigenvalue weighted by molar-refractivity contribution is 8.00. The number of aromatic amines is 1. The largest absolute Gasteiger partial charge is 0.480 e. The number of thioether (sulfide) groups is 1. The minimum absolute atomic E-state index is 0.129. The summed E-state index contributed by atoms with van der Waals surface area (Å²) in [6.07, 6.45) is 1.51. The highest BCUT2D eigenvalue weighted by Crippen LogP contribution is 2.35. The predicted molar refractivity (Wildman–Crippen MR) is 74.5 cm³/mol. The van der Waals surface area contributed by atoms with Crippen molar-refractivity contribution in [2.45, 2.75) is 25.3 Å². The average molecular weight is 303 g/mol. The van der Waals surface area contributed by atoms with E-state index in [1.165, 1.54) is 28.9 Å². The Kier molecular flexibility index (Phi) is 4.10. The first-order chi connectivity index (χ1) is 8.91.